The van der Waals surface area contributed by atoms with Crippen LogP contribution in [0.15, 0.2) is 18.2 Å². The Bertz CT molecular complexity index is 680. The van der Waals surface area contributed by atoms with Crippen LogP contribution in [0, 0.1) is 12.7 Å². The lowest BCUT2D eigenvalue weighted by Crippen LogP contribution is -2.40. The van der Waals surface area contributed by atoms with Gasteiger partial charge in [0, 0.05) is 22.2 Å². The number of benzene rings is 1. The highest BCUT2D eigenvalue weighted by molar-refractivity contribution is 7.21. The normalized spacial score (nSPS) is 21.4. The number of thiophene rings is 1. The van der Waals surface area contributed by atoms with Crippen LogP contribution in [0.2, 0.25) is 0 Å². The molecular formula is C16H20ClFN2OS. The van der Waals surface area contributed by atoms with Crippen molar-refractivity contribution in [3.8, 4) is 0 Å². The van der Waals surface area contributed by atoms with E-state index in [2.05, 4.69) is 5.32 Å². The lowest BCUT2D eigenvalue weighted by Gasteiger charge is -2.26. The van der Waals surface area contributed by atoms with E-state index >= 15 is 0 Å². The van der Waals surface area contributed by atoms with Crippen LogP contribution in [-0.2, 0) is 0 Å². The van der Waals surface area contributed by atoms with E-state index in [0.717, 1.165) is 35.9 Å². The standard InChI is InChI=1S/C16H19FN2OS.ClH/c1-9-14-12(17)3-2-4-13(14)21-15(9)16(20)19-11-7-5-10(18)6-8-11;/h2-4,10-11H,5-8,18H2,1H3,(H,19,20);1H. The molecule has 1 aliphatic rings. The number of fused-ring (bicyclic) bond motifs is 1. The molecule has 0 bridgehead atoms. The predicted octanol–water partition coefficient (Wildman–Crippen LogP) is 3.77. The number of aryl methyl sites for hydroxylation is 1. The van der Waals surface area contributed by atoms with Crippen molar-refractivity contribution in [2.24, 2.45) is 5.73 Å². The van der Waals surface area contributed by atoms with Crippen LogP contribution in [0.5, 0.6) is 0 Å². The largest absolute Gasteiger partial charge is 0.349 e. The van der Waals surface area contributed by atoms with Crippen LogP contribution in [0.3, 0.4) is 0 Å². The van der Waals surface area contributed by atoms with Crippen molar-refractivity contribution in [2.75, 3.05) is 0 Å². The van der Waals surface area contributed by atoms with Crippen LogP contribution in [0.4, 0.5) is 4.39 Å². The molecule has 1 aromatic heterocycles. The number of amides is 1. The van der Waals surface area contributed by atoms with Crippen LogP contribution >= 0.6 is 23.7 Å². The number of carbonyl (C=O) groups excluding carboxylic acids is 1. The molecule has 3 nitrogen and oxygen atoms in total. The fraction of sp³-hybridized carbons (Fsp3) is 0.438. The predicted molar refractivity (Wildman–Crippen MR) is 91.5 cm³/mol. The molecule has 0 saturated heterocycles. The van der Waals surface area contributed by atoms with Gasteiger partial charge in [0.25, 0.3) is 5.91 Å². The van der Waals surface area contributed by atoms with Crippen molar-refractivity contribution in [1.82, 2.24) is 5.32 Å². The average molecular weight is 343 g/mol. The van der Waals surface area contributed by atoms with E-state index in [1.54, 1.807) is 6.07 Å². The first-order valence-electron chi connectivity index (χ1n) is 7.30. The van der Waals surface area contributed by atoms with Crippen molar-refractivity contribution in [3.05, 3.63) is 34.5 Å². The maximum absolute atomic E-state index is 13.9. The summed E-state index contributed by atoms with van der Waals surface area (Å²) in [5.74, 6) is -0.350. The Labute approximate surface area is 139 Å². The molecule has 2 aromatic rings. The zero-order valence-electron chi connectivity index (χ0n) is 12.4. The van der Waals surface area contributed by atoms with Gasteiger partial charge in [0.15, 0.2) is 0 Å². The van der Waals surface area contributed by atoms with Gasteiger partial charge in [-0.15, -0.1) is 23.7 Å². The van der Waals surface area contributed by atoms with Gasteiger partial charge in [-0.25, -0.2) is 4.39 Å². The van der Waals surface area contributed by atoms with E-state index in [0.29, 0.717) is 10.3 Å². The Balaban J connectivity index is 0.00000176. The van der Waals surface area contributed by atoms with Gasteiger partial charge in [-0.2, -0.15) is 0 Å². The second-order valence-electron chi connectivity index (χ2n) is 5.75. The zero-order valence-corrected chi connectivity index (χ0v) is 14.0. The minimum atomic E-state index is -0.260. The highest BCUT2D eigenvalue weighted by Gasteiger charge is 2.23. The van der Waals surface area contributed by atoms with Crippen molar-refractivity contribution in [1.29, 1.82) is 0 Å². The topological polar surface area (TPSA) is 55.1 Å². The number of hydrogen-bond acceptors (Lipinski definition) is 3. The zero-order chi connectivity index (χ0) is 15.0. The minimum absolute atomic E-state index is 0. The summed E-state index contributed by atoms with van der Waals surface area (Å²) in [4.78, 5) is 13.1. The van der Waals surface area contributed by atoms with Gasteiger partial charge in [0.05, 0.1) is 4.88 Å². The van der Waals surface area contributed by atoms with Crippen LogP contribution < -0.4 is 11.1 Å². The summed E-state index contributed by atoms with van der Waals surface area (Å²) in [5.41, 5.74) is 6.61. The Morgan fingerprint density at radius 3 is 2.64 bits per heavy atom. The number of nitrogens with two attached hydrogens (primary N) is 1. The molecule has 0 spiro atoms. The molecule has 1 fully saturated rings. The first-order valence-corrected chi connectivity index (χ1v) is 8.12. The third-order valence-corrected chi connectivity index (χ3v) is 5.47. The molecule has 1 amide bonds. The Kier molecular flexibility index (Phi) is 5.42. The van der Waals surface area contributed by atoms with Gasteiger partial charge in [-0.05, 0) is 50.3 Å². The summed E-state index contributed by atoms with van der Waals surface area (Å²) in [5, 5.41) is 3.64. The van der Waals surface area contributed by atoms with Crippen molar-refractivity contribution < 1.29 is 9.18 Å². The molecule has 0 aliphatic heterocycles. The molecule has 22 heavy (non-hydrogen) atoms. The third-order valence-electron chi connectivity index (χ3n) is 4.22. The second-order valence-corrected chi connectivity index (χ2v) is 6.81. The van der Waals surface area contributed by atoms with Crippen LogP contribution in [0.1, 0.15) is 40.9 Å². The van der Waals surface area contributed by atoms with Crippen LogP contribution in [-0.4, -0.2) is 18.0 Å². The van der Waals surface area contributed by atoms with Crippen LogP contribution in [0.25, 0.3) is 10.1 Å². The SMILES string of the molecule is Cc1c(C(=O)NC2CCC(N)CC2)sc2cccc(F)c12.Cl. The number of nitrogens with one attached hydrogen (secondary N) is 1. The smallest absolute Gasteiger partial charge is 0.261 e. The van der Waals surface area contributed by atoms with Crippen molar-refractivity contribution in [2.45, 2.75) is 44.7 Å². The van der Waals surface area contributed by atoms with Gasteiger partial charge >= 0.3 is 0 Å². The highest BCUT2D eigenvalue weighted by Crippen LogP contribution is 2.32. The Morgan fingerprint density at radius 2 is 2.00 bits per heavy atom. The molecule has 3 rings (SSSR count). The summed E-state index contributed by atoms with van der Waals surface area (Å²) in [6, 6.07) is 5.42. The van der Waals surface area contributed by atoms with E-state index in [1.165, 1.54) is 17.4 Å². The lowest BCUT2D eigenvalue weighted by atomic mass is 9.92. The van der Waals surface area contributed by atoms with E-state index in [1.807, 2.05) is 13.0 Å². The molecule has 1 aromatic carbocycles. The van der Waals surface area contributed by atoms with Gasteiger partial charge in [-0.1, -0.05) is 6.07 Å². The molecule has 0 radical (unpaired) electrons. The summed E-state index contributed by atoms with van der Waals surface area (Å²) in [6.45, 7) is 1.81. The molecular weight excluding hydrogens is 323 g/mol. The number of rotatable bonds is 2. The quantitative estimate of drug-likeness (QED) is 0.872. The first kappa shape index (κ1) is 17.2. The van der Waals surface area contributed by atoms with Gasteiger partial charge in [-0.3, -0.25) is 4.79 Å². The highest BCUT2D eigenvalue weighted by atomic mass is 35.5. The van der Waals surface area contributed by atoms with E-state index < -0.39 is 0 Å². The monoisotopic (exact) mass is 342 g/mol. The Hall–Kier alpha value is -1.17. The summed E-state index contributed by atoms with van der Waals surface area (Å²) in [7, 11) is 0. The summed E-state index contributed by atoms with van der Waals surface area (Å²) >= 11 is 1.36. The number of hydrogen-bond donors (Lipinski definition) is 2. The fourth-order valence-corrected chi connectivity index (χ4v) is 4.11. The molecule has 0 unspecified atom stereocenters. The molecule has 1 saturated carbocycles. The number of halogens is 2. The van der Waals surface area contributed by atoms with E-state index in [4.69, 9.17) is 5.73 Å². The second kappa shape index (κ2) is 6.94. The van der Waals surface area contributed by atoms with Gasteiger partial charge in [0.2, 0.25) is 0 Å². The summed E-state index contributed by atoms with van der Waals surface area (Å²) in [6.07, 6.45) is 3.74. The molecule has 0 atom stereocenters. The molecule has 3 N–H and O–H groups in total. The van der Waals surface area contributed by atoms with Gasteiger partial charge < -0.3 is 11.1 Å². The number of carbonyl (C=O) groups is 1. The van der Waals surface area contributed by atoms with E-state index in [9.17, 15) is 9.18 Å². The van der Waals surface area contributed by atoms with E-state index in [-0.39, 0.29) is 36.2 Å². The third kappa shape index (κ3) is 3.26. The lowest BCUT2D eigenvalue weighted by molar-refractivity contribution is 0.0929. The van der Waals surface area contributed by atoms with Crippen molar-refractivity contribution in [3.63, 3.8) is 0 Å². The molecule has 6 heteroatoms. The first-order chi connectivity index (χ1) is 10.1. The average Bonchev–Trinajstić information content (AvgIpc) is 2.80. The molecule has 120 valence electrons. The van der Waals surface area contributed by atoms with Crippen molar-refractivity contribution >= 4 is 39.7 Å². The summed E-state index contributed by atoms with van der Waals surface area (Å²) < 4.78 is 14.7. The van der Waals surface area contributed by atoms with Gasteiger partial charge in [0.1, 0.15) is 5.82 Å². The Morgan fingerprint density at radius 1 is 1.32 bits per heavy atom. The maximum atomic E-state index is 13.9. The molecule has 1 aliphatic carbocycles. The fourth-order valence-electron chi connectivity index (χ4n) is 2.98. The minimum Gasteiger partial charge on any atom is -0.349 e. The molecule has 1 heterocycles. The maximum Gasteiger partial charge on any atom is 0.261 e.